The average Bonchev–Trinajstić information content (AvgIpc) is 2.13. The molecule has 1 aliphatic rings. The van der Waals surface area contributed by atoms with Gasteiger partial charge < -0.3 is 10.6 Å². The Balaban J connectivity index is 2.67. The summed E-state index contributed by atoms with van der Waals surface area (Å²) >= 11 is 0. The van der Waals surface area contributed by atoms with E-state index < -0.39 is 0 Å². The first-order valence-corrected chi connectivity index (χ1v) is 6.91. The Morgan fingerprint density at radius 3 is 2.28 bits per heavy atom. The van der Waals surface area contributed by atoms with Crippen molar-refractivity contribution in [3.63, 3.8) is 0 Å². The van der Waals surface area contributed by atoms with Crippen molar-refractivity contribution in [2.24, 2.45) is 5.92 Å². The van der Waals surface area contributed by atoms with Crippen molar-refractivity contribution in [2.75, 3.05) is 0 Å². The Kier molecular flexibility index (Phi) is 4.60. The molecule has 1 amide bonds. The fourth-order valence-corrected chi connectivity index (χ4v) is 3.19. The lowest BCUT2D eigenvalue weighted by Gasteiger charge is -2.46. The summed E-state index contributed by atoms with van der Waals surface area (Å²) in [6.45, 7) is 14.5. The lowest BCUT2D eigenvalue weighted by atomic mass is 9.79. The van der Waals surface area contributed by atoms with Gasteiger partial charge in [0.25, 0.3) is 0 Å². The van der Waals surface area contributed by atoms with Gasteiger partial charge >= 0.3 is 0 Å². The maximum absolute atomic E-state index is 12.1. The van der Waals surface area contributed by atoms with Gasteiger partial charge in [-0.05, 0) is 47.0 Å². The molecule has 0 bridgehead atoms. The van der Waals surface area contributed by atoms with Crippen molar-refractivity contribution in [3.8, 4) is 0 Å². The van der Waals surface area contributed by atoms with Crippen LogP contribution in [0.1, 0.15) is 53.9 Å². The van der Waals surface area contributed by atoms with Crippen LogP contribution < -0.4 is 10.6 Å². The molecule has 0 aromatic carbocycles. The predicted octanol–water partition coefficient (Wildman–Crippen LogP) is 2.62. The van der Waals surface area contributed by atoms with Crippen LogP contribution in [0.2, 0.25) is 0 Å². The first-order chi connectivity index (χ1) is 8.19. The molecule has 104 valence electrons. The quantitative estimate of drug-likeness (QED) is 0.755. The Morgan fingerprint density at radius 2 is 1.89 bits per heavy atom. The van der Waals surface area contributed by atoms with E-state index in [0.29, 0.717) is 0 Å². The van der Waals surface area contributed by atoms with Crippen molar-refractivity contribution >= 4 is 5.91 Å². The highest BCUT2D eigenvalue weighted by Gasteiger charge is 2.38. The SMILES string of the molecule is C=CC(CC)C(=O)NC1CC(C)(C)NC(C)(C)C1. The Hall–Kier alpha value is -0.830. The van der Waals surface area contributed by atoms with Crippen molar-refractivity contribution in [2.45, 2.75) is 71.0 Å². The van der Waals surface area contributed by atoms with E-state index in [4.69, 9.17) is 0 Å². The molecule has 0 radical (unpaired) electrons. The molecule has 1 unspecified atom stereocenters. The van der Waals surface area contributed by atoms with E-state index in [9.17, 15) is 4.79 Å². The van der Waals surface area contributed by atoms with Crippen LogP contribution >= 0.6 is 0 Å². The molecule has 18 heavy (non-hydrogen) atoms. The zero-order chi connectivity index (χ0) is 14.0. The zero-order valence-corrected chi connectivity index (χ0v) is 12.5. The van der Waals surface area contributed by atoms with E-state index in [-0.39, 0.29) is 28.9 Å². The molecule has 1 aliphatic heterocycles. The summed E-state index contributed by atoms with van der Waals surface area (Å²) in [4.78, 5) is 12.1. The number of rotatable bonds is 4. The van der Waals surface area contributed by atoms with Gasteiger partial charge in [-0.3, -0.25) is 4.79 Å². The summed E-state index contributed by atoms with van der Waals surface area (Å²) in [5.74, 6) is 0.0529. The molecule has 0 aromatic heterocycles. The number of hydrogen-bond acceptors (Lipinski definition) is 2. The Bertz CT molecular complexity index is 304. The molecule has 1 fully saturated rings. The van der Waals surface area contributed by atoms with Crippen molar-refractivity contribution in [3.05, 3.63) is 12.7 Å². The summed E-state index contributed by atoms with van der Waals surface area (Å²) in [7, 11) is 0. The minimum Gasteiger partial charge on any atom is -0.353 e. The molecular formula is C15H28N2O. The molecule has 1 heterocycles. The van der Waals surface area contributed by atoms with Gasteiger partial charge in [0.15, 0.2) is 0 Å². The van der Waals surface area contributed by atoms with Gasteiger partial charge in [-0.25, -0.2) is 0 Å². The summed E-state index contributed by atoms with van der Waals surface area (Å²) in [5, 5.41) is 6.80. The number of hydrogen-bond donors (Lipinski definition) is 2. The van der Waals surface area contributed by atoms with E-state index in [0.717, 1.165) is 19.3 Å². The van der Waals surface area contributed by atoms with Crippen LogP contribution in [0.4, 0.5) is 0 Å². The maximum atomic E-state index is 12.1. The van der Waals surface area contributed by atoms with Crippen LogP contribution in [0.5, 0.6) is 0 Å². The third-order valence-electron chi connectivity index (χ3n) is 3.60. The van der Waals surface area contributed by atoms with Gasteiger partial charge in [-0.2, -0.15) is 0 Å². The molecular weight excluding hydrogens is 224 g/mol. The van der Waals surface area contributed by atoms with Crippen molar-refractivity contribution in [1.82, 2.24) is 10.6 Å². The van der Waals surface area contributed by atoms with E-state index >= 15 is 0 Å². The van der Waals surface area contributed by atoms with Crippen molar-refractivity contribution in [1.29, 1.82) is 0 Å². The molecule has 1 saturated heterocycles. The number of piperidine rings is 1. The minimum atomic E-state index is -0.0638. The first-order valence-electron chi connectivity index (χ1n) is 6.91. The molecule has 0 aliphatic carbocycles. The summed E-state index contributed by atoms with van der Waals surface area (Å²) in [5.41, 5.74) is 0.130. The average molecular weight is 252 g/mol. The molecule has 0 saturated carbocycles. The topological polar surface area (TPSA) is 41.1 Å². The van der Waals surface area contributed by atoms with Crippen molar-refractivity contribution < 1.29 is 4.79 Å². The lowest BCUT2D eigenvalue weighted by molar-refractivity contribution is -0.124. The third kappa shape index (κ3) is 4.13. The monoisotopic (exact) mass is 252 g/mol. The summed E-state index contributed by atoms with van der Waals surface area (Å²) in [6, 6.07) is 0.248. The maximum Gasteiger partial charge on any atom is 0.227 e. The van der Waals surface area contributed by atoms with Gasteiger partial charge in [-0.1, -0.05) is 13.0 Å². The highest BCUT2D eigenvalue weighted by Crippen LogP contribution is 2.28. The van der Waals surface area contributed by atoms with Crippen LogP contribution in [0, 0.1) is 5.92 Å². The molecule has 3 heteroatoms. The number of carbonyl (C=O) groups excluding carboxylic acids is 1. The van der Waals surface area contributed by atoms with Crippen LogP contribution in [0.3, 0.4) is 0 Å². The Labute approximate surface area is 111 Å². The van der Waals surface area contributed by atoms with Gasteiger partial charge in [0.1, 0.15) is 0 Å². The van der Waals surface area contributed by atoms with Crippen LogP contribution in [-0.4, -0.2) is 23.0 Å². The largest absolute Gasteiger partial charge is 0.353 e. The van der Waals surface area contributed by atoms with E-state index in [1.807, 2.05) is 6.92 Å². The molecule has 3 nitrogen and oxygen atoms in total. The number of amides is 1. The van der Waals surface area contributed by atoms with Gasteiger partial charge in [0.2, 0.25) is 5.91 Å². The number of nitrogens with one attached hydrogen (secondary N) is 2. The van der Waals surface area contributed by atoms with Crippen LogP contribution in [0.25, 0.3) is 0 Å². The highest BCUT2D eigenvalue weighted by atomic mass is 16.1. The smallest absolute Gasteiger partial charge is 0.227 e. The summed E-state index contributed by atoms with van der Waals surface area (Å²) in [6.07, 6.45) is 4.49. The third-order valence-corrected chi connectivity index (χ3v) is 3.60. The first kappa shape index (κ1) is 15.2. The minimum absolute atomic E-state index is 0.0638. The van der Waals surface area contributed by atoms with E-state index in [1.54, 1.807) is 6.08 Å². The van der Waals surface area contributed by atoms with Crippen LogP contribution in [-0.2, 0) is 4.79 Å². The molecule has 0 spiro atoms. The standard InChI is InChI=1S/C15H28N2O/c1-7-11(8-2)13(18)16-12-9-14(3,4)17-15(5,6)10-12/h7,11-12,17H,1,8-10H2,2-6H3,(H,16,18). The molecule has 1 atom stereocenters. The fourth-order valence-electron chi connectivity index (χ4n) is 3.19. The lowest BCUT2D eigenvalue weighted by Crippen LogP contribution is -2.62. The second-order valence-electron chi connectivity index (χ2n) is 6.76. The molecule has 0 aromatic rings. The van der Waals surface area contributed by atoms with Gasteiger partial charge in [0.05, 0.1) is 5.92 Å². The fraction of sp³-hybridized carbons (Fsp3) is 0.800. The zero-order valence-electron chi connectivity index (χ0n) is 12.5. The highest BCUT2D eigenvalue weighted by molar-refractivity contribution is 5.80. The second-order valence-corrected chi connectivity index (χ2v) is 6.76. The molecule has 1 rings (SSSR count). The van der Waals surface area contributed by atoms with E-state index in [2.05, 4.69) is 44.9 Å². The van der Waals surface area contributed by atoms with Gasteiger partial charge in [-0.15, -0.1) is 6.58 Å². The van der Waals surface area contributed by atoms with Crippen LogP contribution in [0.15, 0.2) is 12.7 Å². The van der Waals surface area contributed by atoms with Gasteiger partial charge in [0, 0.05) is 17.1 Å². The normalized spacial score (nSPS) is 24.3. The summed E-state index contributed by atoms with van der Waals surface area (Å²) < 4.78 is 0. The Morgan fingerprint density at radius 1 is 1.39 bits per heavy atom. The number of carbonyl (C=O) groups is 1. The second kappa shape index (κ2) is 5.43. The predicted molar refractivity (Wildman–Crippen MR) is 76.4 cm³/mol. The molecule has 2 N–H and O–H groups in total. The van der Waals surface area contributed by atoms with E-state index in [1.165, 1.54) is 0 Å².